The number of thioether (sulfide) groups is 1. The highest BCUT2D eigenvalue weighted by atomic mass is 32.2. The van der Waals surface area contributed by atoms with Crippen LogP contribution in [0.1, 0.15) is 28.9 Å². The molecule has 0 aliphatic carbocycles. The highest BCUT2D eigenvalue weighted by Gasteiger charge is 2.18. The van der Waals surface area contributed by atoms with Crippen molar-refractivity contribution in [2.75, 3.05) is 26.5 Å². The zero-order chi connectivity index (χ0) is 17.4. The van der Waals surface area contributed by atoms with Gasteiger partial charge in [-0.3, -0.25) is 4.79 Å². The molecule has 24 heavy (non-hydrogen) atoms. The topological polar surface area (TPSA) is 47.6 Å². The number of nitrogens with one attached hydrogen (secondary N) is 1. The molecule has 0 aliphatic heterocycles. The Morgan fingerprint density at radius 3 is 2.54 bits per heavy atom. The van der Waals surface area contributed by atoms with Crippen LogP contribution in [0.15, 0.2) is 53.4 Å². The molecule has 1 N–H and O–H groups in total. The van der Waals surface area contributed by atoms with E-state index >= 15 is 0 Å². The molecule has 0 spiro atoms. The van der Waals surface area contributed by atoms with E-state index < -0.39 is 0 Å². The zero-order valence-corrected chi connectivity index (χ0v) is 15.1. The first-order valence-corrected chi connectivity index (χ1v) is 8.85. The molecule has 5 heteroatoms. The number of para-hydroxylation sites is 1. The highest BCUT2D eigenvalue weighted by Crippen LogP contribution is 2.27. The molecular weight excluding hydrogens is 322 g/mol. The Morgan fingerprint density at radius 1 is 1.12 bits per heavy atom. The van der Waals surface area contributed by atoms with E-state index in [-0.39, 0.29) is 12.0 Å². The maximum atomic E-state index is 12.5. The van der Waals surface area contributed by atoms with Gasteiger partial charge in [-0.15, -0.1) is 11.8 Å². The molecule has 128 valence electrons. The molecule has 0 heterocycles. The summed E-state index contributed by atoms with van der Waals surface area (Å²) < 4.78 is 10.9. The lowest BCUT2D eigenvalue weighted by molar-refractivity contribution is 0.0817. The van der Waals surface area contributed by atoms with Gasteiger partial charge in [-0.1, -0.05) is 37.3 Å². The van der Waals surface area contributed by atoms with Gasteiger partial charge in [0.1, 0.15) is 11.9 Å². The van der Waals surface area contributed by atoms with Crippen molar-refractivity contribution >= 4 is 17.7 Å². The van der Waals surface area contributed by atoms with E-state index in [4.69, 9.17) is 9.47 Å². The van der Waals surface area contributed by atoms with Gasteiger partial charge in [0.05, 0.1) is 12.7 Å². The fourth-order valence-electron chi connectivity index (χ4n) is 2.47. The summed E-state index contributed by atoms with van der Waals surface area (Å²) in [5.74, 6) is 1.58. The summed E-state index contributed by atoms with van der Waals surface area (Å²) in [6.07, 6.45) is -0.268. The van der Waals surface area contributed by atoms with Crippen molar-refractivity contribution in [3.8, 4) is 5.75 Å². The summed E-state index contributed by atoms with van der Waals surface area (Å²) in [4.78, 5) is 13.5. The third-order valence-corrected chi connectivity index (χ3v) is 4.61. The van der Waals surface area contributed by atoms with Crippen LogP contribution in [0.2, 0.25) is 0 Å². The second-order valence-corrected chi connectivity index (χ2v) is 6.41. The smallest absolute Gasteiger partial charge is 0.252 e. The Labute approximate surface area is 147 Å². The lowest BCUT2D eigenvalue weighted by atomic mass is 10.1. The van der Waals surface area contributed by atoms with Gasteiger partial charge in [0.15, 0.2) is 0 Å². The Balaban J connectivity index is 2.09. The summed E-state index contributed by atoms with van der Waals surface area (Å²) in [5.41, 5.74) is 1.61. The number of rotatable bonds is 8. The third kappa shape index (κ3) is 4.52. The fraction of sp³-hybridized carbons (Fsp3) is 0.316. The van der Waals surface area contributed by atoms with Crippen LogP contribution in [0.25, 0.3) is 0 Å². The van der Waals surface area contributed by atoms with Crippen LogP contribution >= 0.6 is 11.8 Å². The van der Waals surface area contributed by atoms with Gasteiger partial charge < -0.3 is 14.8 Å². The number of benzene rings is 2. The van der Waals surface area contributed by atoms with E-state index in [0.717, 1.165) is 22.0 Å². The maximum Gasteiger partial charge on any atom is 0.252 e. The second-order valence-electron chi connectivity index (χ2n) is 5.11. The average molecular weight is 345 g/mol. The maximum absolute atomic E-state index is 12.5. The van der Waals surface area contributed by atoms with E-state index in [0.29, 0.717) is 12.1 Å². The van der Waals surface area contributed by atoms with Crippen molar-refractivity contribution in [3.63, 3.8) is 0 Å². The molecular formula is C19H23NO3S. The SMILES string of the molecule is CCSc1ccccc1C(=O)NCC(OC)c1ccccc1OC. The molecule has 0 saturated heterocycles. The van der Waals surface area contributed by atoms with Gasteiger partial charge in [0.25, 0.3) is 5.91 Å². The van der Waals surface area contributed by atoms with Crippen LogP contribution in [-0.2, 0) is 4.74 Å². The number of carbonyl (C=O) groups is 1. The molecule has 4 nitrogen and oxygen atoms in total. The molecule has 1 amide bonds. The van der Waals surface area contributed by atoms with Gasteiger partial charge >= 0.3 is 0 Å². The Bertz CT molecular complexity index is 675. The van der Waals surface area contributed by atoms with Crippen molar-refractivity contribution in [1.82, 2.24) is 5.32 Å². The molecule has 1 atom stereocenters. The highest BCUT2D eigenvalue weighted by molar-refractivity contribution is 7.99. The number of amides is 1. The van der Waals surface area contributed by atoms with E-state index in [1.165, 1.54) is 0 Å². The lowest BCUT2D eigenvalue weighted by Crippen LogP contribution is -2.29. The first-order chi connectivity index (χ1) is 11.7. The minimum absolute atomic E-state index is 0.0940. The van der Waals surface area contributed by atoms with Crippen molar-refractivity contribution in [2.45, 2.75) is 17.9 Å². The fourth-order valence-corrected chi connectivity index (χ4v) is 3.27. The van der Waals surface area contributed by atoms with Gasteiger partial charge in [-0.05, 0) is 24.0 Å². The van der Waals surface area contributed by atoms with E-state index in [1.54, 1.807) is 26.0 Å². The molecule has 0 aromatic heterocycles. The Hall–Kier alpha value is -1.98. The van der Waals surface area contributed by atoms with E-state index in [2.05, 4.69) is 12.2 Å². The van der Waals surface area contributed by atoms with Crippen molar-refractivity contribution < 1.29 is 14.3 Å². The largest absolute Gasteiger partial charge is 0.496 e. The molecule has 2 aromatic carbocycles. The molecule has 0 bridgehead atoms. The first kappa shape index (κ1) is 18.4. The lowest BCUT2D eigenvalue weighted by Gasteiger charge is -2.19. The number of hydrogen-bond donors (Lipinski definition) is 1. The van der Waals surface area contributed by atoms with Crippen LogP contribution in [0.3, 0.4) is 0 Å². The minimum atomic E-state index is -0.268. The Morgan fingerprint density at radius 2 is 1.83 bits per heavy atom. The number of methoxy groups -OCH3 is 2. The summed E-state index contributed by atoms with van der Waals surface area (Å²) in [6.45, 7) is 2.45. The summed E-state index contributed by atoms with van der Waals surface area (Å²) in [7, 11) is 3.26. The predicted molar refractivity (Wildman–Crippen MR) is 97.9 cm³/mol. The second kappa shape index (κ2) is 9.35. The molecule has 1 unspecified atom stereocenters. The number of hydrogen-bond acceptors (Lipinski definition) is 4. The van der Waals surface area contributed by atoms with Gasteiger partial charge in [-0.25, -0.2) is 0 Å². The molecule has 0 aliphatic rings. The minimum Gasteiger partial charge on any atom is -0.496 e. The monoisotopic (exact) mass is 345 g/mol. The van der Waals surface area contributed by atoms with E-state index in [9.17, 15) is 4.79 Å². The van der Waals surface area contributed by atoms with Gasteiger partial charge in [0, 0.05) is 24.1 Å². The van der Waals surface area contributed by atoms with Crippen LogP contribution < -0.4 is 10.1 Å². The molecule has 2 rings (SSSR count). The van der Waals surface area contributed by atoms with Crippen molar-refractivity contribution in [2.24, 2.45) is 0 Å². The van der Waals surface area contributed by atoms with Crippen LogP contribution in [0.4, 0.5) is 0 Å². The third-order valence-electron chi connectivity index (χ3n) is 3.65. The standard InChI is InChI=1S/C19H23NO3S/c1-4-24-18-12-8-6-10-15(18)19(21)20-13-17(23-3)14-9-5-7-11-16(14)22-2/h5-12,17H,4,13H2,1-3H3,(H,20,21). The summed E-state index contributed by atoms with van der Waals surface area (Å²) >= 11 is 1.66. The molecule has 0 fully saturated rings. The summed E-state index contributed by atoms with van der Waals surface area (Å²) in [5, 5.41) is 2.97. The normalized spacial score (nSPS) is 11.8. The molecule has 2 aromatic rings. The van der Waals surface area contributed by atoms with Crippen molar-refractivity contribution in [3.05, 3.63) is 59.7 Å². The average Bonchev–Trinajstić information content (AvgIpc) is 2.63. The van der Waals surface area contributed by atoms with Gasteiger partial charge in [-0.2, -0.15) is 0 Å². The Kier molecular flexibility index (Phi) is 7.15. The molecule has 0 radical (unpaired) electrons. The number of ether oxygens (including phenoxy) is 2. The number of carbonyl (C=O) groups excluding carboxylic acids is 1. The summed E-state index contributed by atoms with van der Waals surface area (Å²) in [6, 6.07) is 15.3. The first-order valence-electron chi connectivity index (χ1n) is 7.87. The van der Waals surface area contributed by atoms with Crippen LogP contribution in [0.5, 0.6) is 5.75 Å². The molecule has 0 saturated carbocycles. The zero-order valence-electron chi connectivity index (χ0n) is 14.2. The predicted octanol–water partition coefficient (Wildman–Crippen LogP) is 3.92. The van der Waals surface area contributed by atoms with Crippen LogP contribution in [0, 0.1) is 0 Å². The van der Waals surface area contributed by atoms with Gasteiger partial charge in [0.2, 0.25) is 0 Å². The quantitative estimate of drug-likeness (QED) is 0.737. The van der Waals surface area contributed by atoms with E-state index in [1.807, 2.05) is 48.5 Å². The van der Waals surface area contributed by atoms with Crippen LogP contribution in [-0.4, -0.2) is 32.4 Å². The van der Waals surface area contributed by atoms with Crippen molar-refractivity contribution in [1.29, 1.82) is 0 Å².